The van der Waals surface area contributed by atoms with Crippen molar-refractivity contribution in [3.63, 3.8) is 0 Å². The molecular formula is C72H100N18O27. The first kappa shape index (κ1) is 96.1. The molecule has 45 heteroatoms. The standard InChI is InChI=1S/C72H100N18O27/c1-3-4-5-6-7-8-9-20-54(95)81-43(24-36-31-77-40-18-13-11-15-37(36)40)65(109)84-45(27-53(76)94)67(111)88-48(30-60(104)105)69(113)90-61-35(2)117-72(116)49(25-51(92)38-16-10-12-17-39(38)74)89-64(108)42(21-22-57(98)99)83-70(114)50(34-91)82-56(97)32-78-62(106)46(28-58(100)101)86-66(110)44(26-52(75)93)85-68(112)47(29-59(102)103)87-63(107)41(19-14-23-73)80-55(96)33-79-71(61)115/h10-13,15-18,31,35,41-50,61,77,91H,3-9,14,19-30,32-34,73-74H2,1-2H3,(H2,75,93)(H2,76,94)(H,78,106)(H,79,115)(H,80,96)(H,81,95)(H,82,97)(H,83,114)(H,84,109)(H,85,112)(H,86,110)(H,87,107)(H,88,111)(H,89,108)(H,90,113)(H,98,99)(H,100,101)(H,102,103)(H,104,105)/t35-,41+,42+,43+,44-,45-,46+,47+,48+,49+,50-,61+/m1/s1. The number of carbonyl (C=O) groups excluding carboxylic acids is 17. The number of fused-ring (bicyclic) bond motifs is 1. The number of para-hydroxylation sites is 2. The summed E-state index contributed by atoms with van der Waals surface area (Å²) in [6.07, 6.45) is -4.90. The van der Waals surface area contributed by atoms with Crippen molar-refractivity contribution in [3.8, 4) is 0 Å². The average molecular weight is 1650 g/mol. The van der Waals surface area contributed by atoms with Crippen molar-refractivity contribution in [2.24, 2.45) is 17.2 Å². The number of hydrogen-bond donors (Lipinski definition) is 23. The Labute approximate surface area is 667 Å². The number of primary amides is 2. The van der Waals surface area contributed by atoms with Crippen molar-refractivity contribution in [3.05, 3.63) is 65.9 Å². The molecule has 1 saturated heterocycles. The van der Waals surface area contributed by atoms with Crippen LogP contribution in [0, 0.1) is 0 Å². The van der Waals surface area contributed by atoms with Gasteiger partial charge < -0.3 is 127 Å². The predicted octanol–water partition coefficient (Wildman–Crippen LogP) is -7.01. The first-order valence-corrected chi connectivity index (χ1v) is 37.1. The van der Waals surface area contributed by atoms with Crippen molar-refractivity contribution < 1.29 is 131 Å². The Morgan fingerprint density at radius 3 is 1.57 bits per heavy atom. The van der Waals surface area contributed by atoms with E-state index >= 15 is 0 Å². The molecule has 1 aliphatic rings. The number of unbranched alkanes of at least 4 members (excludes halogenated alkanes) is 6. The normalized spacial score (nSPS) is 20.7. The second-order valence-electron chi connectivity index (χ2n) is 27.2. The number of aliphatic carboxylic acids is 4. The number of nitrogens with one attached hydrogen (secondary N) is 14. The van der Waals surface area contributed by atoms with Crippen LogP contribution in [-0.2, 0) is 107 Å². The second-order valence-corrected chi connectivity index (χ2v) is 27.2. The number of aliphatic hydroxyl groups is 1. The number of amides is 15. The number of carboxylic acid groups (broad SMARTS) is 4. The van der Waals surface area contributed by atoms with Crippen molar-refractivity contribution in [2.75, 3.05) is 32.0 Å². The minimum atomic E-state index is -2.48. The van der Waals surface area contributed by atoms with Crippen LogP contribution in [0.4, 0.5) is 5.69 Å². The number of H-pyrrole nitrogens is 1. The number of esters is 1. The van der Waals surface area contributed by atoms with Crippen LogP contribution in [0.2, 0.25) is 0 Å². The summed E-state index contributed by atoms with van der Waals surface area (Å²) < 4.78 is 5.65. The molecule has 3 aromatic rings. The maximum atomic E-state index is 14.8. The average Bonchev–Trinajstić information content (AvgIpc) is 1.67. The molecule has 27 N–H and O–H groups in total. The van der Waals surface area contributed by atoms with Crippen LogP contribution in [0.5, 0.6) is 0 Å². The van der Waals surface area contributed by atoms with E-state index in [9.17, 15) is 126 Å². The summed E-state index contributed by atoms with van der Waals surface area (Å²) in [6, 6.07) is -11.6. The van der Waals surface area contributed by atoms with Gasteiger partial charge in [0.1, 0.15) is 72.6 Å². The maximum absolute atomic E-state index is 14.8. The molecule has 0 saturated carbocycles. The number of nitrogens with two attached hydrogens (primary N) is 4. The van der Waals surface area contributed by atoms with Gasteiger partial charge in [0.25, 0.3) is 0 Å². The summed E-state index contributed by atoms with van der Waals surface area (Å²) >= 11 is 0. The molecule has 0 aliphatic carbocycles. The second kappa shape index (κ2) is 48.7. The zero-order valence-corrected chi connectivity index (χ0v) is 63.9. The number of rotatable bonds is 37. The molecule has 640 valence electrons. The fourth-order valence-electron chi connectivity index (χ4n) is 11.7. The molecule has 0 radical (unpaired) electrons. The number of cyclic esters (lactones) is 1. The Balaban J connectivity index is 1.88. The molecule has 4 rings (SSSR count). The van der Waals surface area contributed by atoms with E-state index in [4.69, 9.17) is 27.7 Å². The van der Waals surface area contributed by atoms with E-state index in [1.54, 1.807) is 30.5 Å². The minimum absolute atomic E-state index is 0.0276. The summed E-state index contributed by atoms with van der Waals surface area (Å²) in [4.78, 5) is 289. The Hall–Kier alpha value is -13.2. The van der Waals surface area contributed by atoms with Gasteiger partial charge in [0.2, 0.25) is 88.6 Å². The van der Waals surface area contributed by atoms with Crippen LogP contribution in [0.3, 0.4) is 0 Å². The van der Waals surface area contributed by atoms with Gasteiger partial charge >= 0.3 is 29.8 Å². The molecule has 2 heterocycles. The van der Waals surface area contributed by atoms with Gasteiger partial charge in [0, 0.05) is 54.0 Å². The van der Waals surface area contributed by atoms with Crippen LogP contribution < -0.4 is 92.1 Å². The molecule has 1 aromatic heterocycles. The Kier molecular flexibility index (Phi) is 40.1. The number of benzene rings is 2. The van der Waals surface area contributed by atoms with Gasteiger partial charge in [-0.2, -0.15) is 0 Å². The van der Waals surface area contributed by atoms with Crippen LogP contribution in [0.25, 0.3) is 10.9 Å². The summed E-state index contributed by atoms with van der Waals surface area (Å²) in [5, 5.41) is 77.9. The lowest BCUT2D eigenvalue weighted by molar-refractivity contribution is -0.156. The molecule has 117 heavy (non-hydrogen) atoms. The number of ether oxygens (including phenoxy) is 1. The number of ketones is 1. The number of carboxylic acids is 4. The number of aliphatic hydroxyl groups excluding tert-OH is 1. The van der Waals surface area contributed by atoms with E-state index in [0.717, 1.165) is 39.0 Å². The number of hydrogen-bond acceptors (Lipinski definition) is 25. The topological polar surface area (TPSA) is 745 Å². The lowest BCUT2D eigenvalue weighted by Gasteiger charge is -2.29. The lowest BCUT2D eigenvalue weighted by Crippen LogP contribution is -2.61. The lowest BCUT2D eigenvalue weighted by atomic mass is 10.0. The van der Waals surface area contributed by atoms with E-state index in [0.29, 0.717) is 29.3 Å². The molecule has 0 spiro atoms. The van der Waals surface area contributed by atoms with Crippen molar-refractivity contribution >= 4 is 141 Å². The molecular weight excluding hydrogens is 1550 g/mol. The van der Waals surface area contributed by atoms with Gasteiger partial charge in [0.15, 0.2) is 5.78 Å². The molecule has 15 amide bonds. The summed E-state index contributed by atoms with van der Waals surface area (Å²) in [7, 11) is 0. The van der Waals surface area contributed by atoms with E-state index in [1.807, 2.05) is 26.6 Å². The third-order valence-electron chi connectivity index (χ3n) is 17.8. The van der Waals surface area contributed by atoms with Crippen LogP contribution in [-0.4, -0.2) is 254 Å². The van der Waals surface area contributed by atoms with Gasteiger partial charge in [-0.3, -0.25) is 95.9 Å². The Bertz CT molecular complexity index is 4140. The predicted molar refractivity (Wildman–Crippen MR) is 404 cm³/mol. The summed E-state index contributed by atoms with van der Waals surface area (Å²) in [6.45, 7) is -1.17. The quantitative estimate of drug-likeness (QED) is 0.0110. The van der Waals surface area contributed by atoms with Crippen LogP contribution in [0.15, 0.2) is 54.7 Å². The van der Waals surface area contributed by atoms with E-state index < -0.39 is 274 Å². The number of aromatic nitrogens is 1. The maximum Gasteiger partial charge on any atom is 0.329 e. The summed E-state index contributed by atoms with van der Waals surface area (Å²) in [5.41, 5.74) is 23.3. The van der Waals surface area contributed by atoms with Crippen molar-refractivity contribution in [1.82, 2.24) is 74.1 Å². The zero-order chi connectivity index (χ0) is 87.2. The minimum Gasteiger partial charge on any atom is -0.481 e. The van der Waals surface area contributed by atoms with Gasteiger partial charge in [0.05, 0.1) is 51.8 Å². The number of aromatic amines is 1. The molecule has 0 unspecified atom stereocenters. The third kappa shape index (κ3) is 33.8. The Morgan fingerprint density at radius 2 is 1.01 bits per heavy atom. The van der Waals surface area contributed by atoms with Crippen LogP contribution in [0.1, 0.15) is 145 Å². The van der Waals surface area contributed by atoms with Gasteiger partial charge in [-0.1, -0.05) is 75.8 Å². The molecule has 1 aliphatic heterocycles. The smallest absolute Gasteiger partial charge is 0.329 e. The van der Waals surface area contributed by atoms with Gasteiger partial charge in [-0.25, -0.2) is 4.79 Å². The molecule has 45 nitrogen and oxygen atoms in total. The van der Waals surface area contributed by atoms with Crippen LogP contribution >= 0.6 is 0 Å². The molecule has 12 atom stereocenters. The van der Waals surface area contributed by atoms with Crippen molar-refractivity contribution in [2.45, 2.75) is 208 Å². The number of anilines is 1. The number of nitrogen functional groups attached to an aromatic ring is 1. The van der Waals surface area contributed by atoms with E-state index in [1.165, 1.54) is 24.3 Å². The Morgan fingerprint density at radius 1 is 0.504 bits per heavy atom. The monoisotopic (exact) mass is 1650 g/mol. The molecule has 0 bridgehead atoms. The first-order valence-electron chi connectivity index (χ1n) is 37.1. The highest BCUT2D eigenvalue weighted by Crippen LogP contribution is 2.21. The molecule has 1 fully saturated rings. The third-order valence-corrected chi connectivity index (χ3v) is 17.8. The SMILES string of the molecule is CCCCCCCCCC(=O)N[C@@H](Cc1c[nH]c2ccccc12)C(=O)N[C@H](CC(N)=O)C(=O)N[C@@H](CC(=O)O)C(=O)N[C@@H]1C(=O)NCC(=O)N[C@@H](CCCN)C(=O)N[C@@H](CC(=O)O)C(=O)N[C@H](CC(N)=O)C(=O)N[C@@H](CC(=O)O)C(=O)NCC(=O)N[C@H](CO)C(=O)N[C@@H](CCC(=O)O)C(=O)N[C@@H](CC(=O)c2ccccc2N)C(=O)O[C@@H]1C. The highest BCUT2D eigenvalue weighted by Gasteiger charge is 2.41. The fourth-order valence-corrected chi connectivity index (χ4v) is 11.7. The zero-order valence-electron chi connectivity index (χ0n) is 63.9. The first-order chi connectivity index (χ1) is 55.3. The highest BCUT2D eigenvalue weighted by atomic mass is 16.5. The molecule has 2 aromatic carbocycles. The largest absolute Gasteiger partial charge is 0.481 e. The fraction of sp³-hybridized carbons (Fsp3) is 0.514. The number of carbonyl (C=O) groups is 21. The van der Waals surface area contributed by atoms with Crippen molar-refractivity contribution in [1.29, 1.82) is 0 Å². The van der Waals surface area contributed by atoms with Gasteiger partial charge in [-0.05, 0) is 62.9 Å². The highest BCUT2D eigenvalue weighted by molar-refractivity contribution is 6.05. The van der Waals surface area contributed by atoms with E-state index in [-0.39, 0.29) is 37.1 Å². The number of Topliss-reactive ketones (excluding diaryl/α,β-unsaturated/α-hetero) is 1. The van der Waals surface area contributed by atoms with E-state index in [2.05, 4.69) is 54.4 Å². The van der Waals surface area contributed by atoms with Gasteiger partial charge in [-0.15, -0.1) is 0 Å². The summed E-state index contributed by atoms with van der Waals surface area (Å²) in [5.74, 6) is -30.7.